The van der Waals surface area contributed by atoms with Crippen molar-refractivity contribution in [3.8, 4) is 21.8 Å². The Labute approximate surface area is 137 Å². The van der Waals surface area contributed by atoms with E-state index in [-0.39, 0.29) is 18.2 Å². The van der Waals surface area contributed by atoms with Crippen LogP contribution in [0.3, 0.4) is 0 Å². The van der Waals surface area contributed by atoms with E-state index in [1.807, 2.05) is 31.2 Å². The highest BCUT2D eigenvalue weighted by molar-refractivity contribution is 7.16. The number of aryl methyl sites for hydroxylation is 1. The number of nitrogens with two attached hydrogens (primary N) is 1. The van der Waals surface area contributed by atoms with Crippen molar-refractivity contribution in [1.82, 2.24) is 4.98 Å². The van der Waals surface area contributed by atoms with Gasteiger partial charge in [-0.05, 0) is 13.0 Å². The zero-order chi connectivity index (χ0) is 14.1. The van der Waals surface area contributed by atoms with Crippen LogP contribution in [0.4, 0.5) is 0 Å². The largest absolute Gasteiger partial charge is 0.383 e. The second-order valence-electron chi connectivity index (χ2n) is 4.40. The molecule has 0 atom stereocenters. The Morgan fingerprint density at radius 3 is 2.57 bits per heavy atom. The molecule has 0 unspecified atom stereocenters. The molecule has 2 heterocycles. The van der Waals surface area contributed by atoms with Crippen molar-refractivity contribution < 1.29 is 0 Å². The minimum absolute atomic E-state index is 0. The van der Waals surface area contributed by atoms with E-state index in [4.69, 9.17) is 16.1 Å². The lowest BCUT2D eigenvalue weighted by Gasteiger charge is -1.95. The summed E-state index contributed by atoms with van der Waals surface area (Å²) >= 11 is 3.16. The van der Waals surface area contributed by atoms with Crippen LogP contribution in [0.5, 0.6) is 0 Å². The smallest absolute Gasteiger partial charge is 0.133 e. The summed E-state index contributed by atoms with van der Waals surface area (Å²) in [4.78, 5) is 6.64. The third-order valence-electron chi connectivity index (χ3n) is 2.99. The minimum atomic E-state index is 0. The van der Waals surface area contributed by atoms with Crippen LogP contribution in [0.15, 0.2) is 41.8 Å². The van der Waals surface area contributed by atoms with Crippen molar-refractivity contribution in [2.75, 3.05) is 0 Å². The SMILES string of the molecule is Cc1sc(C(=N)N)cc1-c1nc(-c2ccccc2)cs1.Cl. The van der Waals surface area contributed by atoms with Gasteiger partial charge in [0.25, 0.3) is 0 Å². The van der Waals surface area contributed by atoms with E-state index < -0.39 is 0 Å². The standard InChI is InChI=1S/C15H13N3S2.ClH/c1-9-11(7-13(20-9)14(16)17)15-18-12(8-19-15)10-5-3-2-4-6-10;/h2-8H,1H3,(H3,16,17);1H. The molecule has 3 N–H and O–H groups in total. The predicted octanol–water partition coefficient (Wildman–Crippen LogP) is 4.55. The Hall–Kier alpha value is -1.69. The highest BCUT2D eigenvalue weighted by atomic mass is 35.5. The van der Waals surface area contributed by atoms with Crippen LogP contribution in [0, 0.1) is 12.3 Å². The second kappa shape index (κ2) is 6.39. The van der Waals surface area contributed by atoms with Gasteiger partial charge in [-0.3, -0.25) is 5.41 Å². The van der Waals surface area contributed by atoms with Gasteiger partial charge in [0.05, 0.1) is 10.6 Å². The number of aromatic nitrogens is 1. The molecule has 108 valence electrons. The fourth-order valence-electron chi connectivity index (χ4n) is 1.97. The van der Waals surface area contributed by atoms with Gasteiger partial charge < -0.3 is 5.73 Å². The molecule has 1 aromatic carbocycles. The number of benzene rings is 1. The molecule has 0 saturated heterocycles. The molecule has 0 aliphatic heterocycles. The van der Waals surface area contributed by atoms with Crippen LogP contribution < -0.4 is 5.73 Å². The van der Waals surface area contributed by atoms with Gasteiger partial charge in [0.2, 0.25) is 0 Å². The van der Waals surface area contributed by atoms with Crippen LogP contribution in [0.1, 0.15) is 9.75 Å². The van der Waals surface area contributed by atoms with Crippen molar-refractivity contribution in [3.63, 3.8) is 0 Å². The van der Waals surface area contributed by atoms with Crippen LogP contribution in [0.25, 0.3) is 21.8 Å². The third kappa shape index (κ3) is 3.15. The predicted molar refractivity (Wildman–Crippen MR) is 93.9 cm³/mol. The van der Waals surface area contributed by atoms with Gasteiger partial charge >= 0.3 is 0 Å². The van der Waals surface area contributed by atoms with Crippen molar-refractivity contribution in [2.45, 2.75) is 6.92 Å². The molecule has 0 aliphatic rings. The lowest BCUT2D eigenvalue weighted by Crippen LogP contribution is -2.08. The van der Waals surface area contributed by atoms with E-state index in [0.29, 0.717) is 0 Å². The number of thiophene rings is 1. The summed E-state index contributed by atoms with van der Waals surface area (Å²) in [7, 11) is 0. The van der Waals surface area contributed by atoms with Gasteiger partial charge in [0.15, 0.2) is 0 Å². The molecule has 2 aromatic heterocycles. The normalized spacial score (nSPS) is 10.1. The van der Waals surface area contributed by atoms with Crippen LogP contribution in [0.2, 0.25) is 0 Å². The van der Waals surface area contributed by atoms with Gasteiger partial charge in [0.1, 0.15) is 10.8 Å². The second-order valence-corrected chi connectivity index (χ2v) is 6.51. The molecule has 6 heteroatoms. The average molecular weight is 336 g/mol. The third-order valence-corrected chi connectivity index (χ3v) is 4.95. The summed E-state index contributed by atoms with van der Waals surface area (Å²) in [5.74, 6) is 0.115. The van der Waals surface area contributed by atoms with Crippen LogP contribution in [-0.4, -0.2) is 10.8 Å². The number of nitrogen functional groups attached to an aromatic ring is 1. The molecule has 3 aromatic rings. The lowest BCUT2D eigenvalue weighted by atomic mass is 10.2. The molecule has 0 bridgehead atoms. The zero-order valence-electron chi connectivity index (χ0n) is 11.3. The van der Waals surface area contributed by atoms with Crippen molar-refractivity contribution in [3.05, 3.63) is 51.5 Å². The van der Waals surface area contributed by atoms with Gasteiger partial charge in [-0.1, -0.05) is 30.3 Å². The Morgan fingerprint density at radius 1 is 1.24 bits per heavy atom. The first kappa shape index (κ1) is 15.7. The average Bonchev–Trinajstić information content (AvgIpc) is 3.06. The quantitative estimate of drug-likeness (QED) is 0.544. The summed E-state index contributed by atoms with van der Waals surface area (Å²) in [5.41, 5.74) is 8.73. The summed E-state index contributed by atoms with van der Waals surface area (Å²) < 4.78 is 0. The fourth-order valence-corrected chi connectivity index (χ4v) is 3.81. The van der Waals surface area contributed by atoms with E-state index in [2.05, 4.69) is 17.5 Å². The maximum Gasteiger partial charge on any atom is 0.133 e. The summed E-state index contributed by atoms with van der Waals surface area (Å²) in [6.45, 7) is 2.04. The Bertz CT molecular complexity index is 762. The van der Waals surface area contributed by atoms with Gasteiger partial charge in [-0.15, -0.1) is 35.1 Å². The molecule has 3 nitrogen and oxygen atoms in total. The first-order valence-corrected chi connectivity index (χ1v) is 7.81. The Morgan fingerprint density at radius 2 is 1.95 bits per heavy atom. The van der Waals surface area contributed by atoms with Crippen molar-refractivity contribution >= 4 is 40.9 Å². The molecular formula is C15H14ClN3S2. The number of amidine groups is 1. The first-order chi connectivity index (χ1) is 9.65. The van der Waals surface area contributed by atoms with Crippen molar-refractivity contribution in [2.24, 2.45) is 5.73 Å². The molecule has 0 spiro atoms. The maximum atomic E-state index is 7.52. The molecule has 0 fully saturated rings. The van der Waals surface area contributed by atoms with Gasteiger partial charge in [0, 0.05) is 21.4 Å². The number of nitrogens with one attached hydrogen (secondary N) is 1. The molecule has 3 rings (SSSR count). The summed E-state index contributed by atoms with van der Waals surface area (Å²) in [5, 5.41) is 10.6. The lowest BCUT2D eigenvalue weighted by molar-refractivity contribution is 1.40. The number of thiazole rings is 1. The van der Waals surface area contributed by atoms with Crippen molar-refractivity contribution in [1.29, 1.82) is 5.41 Å². The monoisotopic (exact) mass is 335 g/mol. The molecule has 0 amide bonds. The van der Waals surface area contributed by atoms with E-state index in [9.17, 15) is 0 Å². The topological polar surface area (TPSA) is 62.8 Å². The molecule has 21 heavy (non-hydrogen) atoms. The number of nitrogens with zero attached hydrogens (tertiary/aromatic N) is 1. The molecule has 0 radical (unpaired) electrons. The summed E-state index contributed by atoms with van der Waals surface area (Å²) in [6, 6.07) is 12.1. The van der Waals surface area contributed by atoms with Gasteiger partial charge in [-0.2, -0.15) is 0 Å². The molecule has 0 aliphatic carbocycles. The van der Waals surface area contributed by atoms with E-state index >= 15 is 0 Å². The number of halogens is 1. The number of rotatable bonds is 3. The van der Waals surface area contributed by atoms with Crippen LogP contribution >= 0.6 is 35.1 Å². The highest BCUT2D eigenvalue weighted by Crippen LogP contribution is 2.34. The zero-order valence-corrected chi connectivity index (χ0v) is 13.7. The van der Waals surface area contributed by atoms with E-state index in [1.54, 1.807) is 11.3 Å². The fraction of sp³-hybridized carbons (Fsp3) is 0.0667. The highest BCUT2D eigenvalue weighted by Gasteiger charge is 2.13. The molecule has 0 saturated carbocycles. The first-order valence-electron chi connectivity index (χ1n) is 6.11. The number of hydrogen-bond acceptors (Lipinski definition) is 4. The Kier molecular flexibility index (Phi) is 4.77. The number of hydrogen-bond donors (Lipinski definition) is 2. The minimum Gasteiger partial charge on any atom is -0.383 e. The van der Waals surface area contributed by atoms with E-state index in [1.165, 1.54) is 11.3 Å². The van der Waals surface area contributed by atoms with Crippen LogP contribution in [-0.2, 0) is 0 Å². The van der Waals surface area contributed by atoms with E-state index in [0.717, 1.165) is 31.6 Å². The Balaban J connectivity index is 0.00000161. The molecular weight excluding hydrogens is 322 g/mol. The maximum absolute atomic E-state index is 7.52. The summed E-state index contributed by atoms with van der Waals surface area (Å²) in [6.07, 6.45) is 0. The van der Waals surface area contributed by atoms with Gasteiger partial charge in [-0.25, -0.2) is 4.98 Å².